The van der Waals surface area contributed by atoms with Crippen LogP contribution in [0.25, 0.3) is 0 Å². The van der Waals surface area contributed by atoms with Crippen molar-refractivity contribution in [3.63, 3.8) is 0 Å². The maximum atomic E-state index is 12.1. The summed E-state index contributed by atoms with van der Waals surface area (Å²) < 4.78 is 0. The summed E-state index contributed by atoms with van der Waals surface area (Å²) in [7, 11) is 0. The zero-order valence-corrected chi connectivity index (χ0v) is 12.9. The Morgan fingerprint density at radius 2 is 2.33 bits per heavy atom. The highest BCUT2D eigenvalue weighted by atomic mass is 35.5. The van der Waals surface area contributed by atoms with Crippen molar-refractivity contribution < 1.29 is 4.79 Å². The van der Waals surface area contributed by atoms with Crippen molar-refractivity contribution in [3.8, 4) is 6.07 Å². The van der Waals surface area contributed by atoms with E-state index in [1.807, 2.05) is 6.07 Å². The van der Waals surface area contributed by atoms with E-state index in [0.717, 1.165) is 0 Å². The number of nitrogens with zero attached hydrogens (tertiary/aromatic N) is 3. The summed E-state index contributed by atoms with van der Waals surface area (Å²) in [5.41, 5.74) is 0.913. The van der Waals surface area contributed by atoms with Gasteiger partial charge in [0.05, 0.1) is 15.8 Å². The Morgan fingerprint density at radius 3 is 2.90 bits per heavy atom. The van der Waals surface area contributed by atoms with Crippen LogP contribution < -0.4 is 5.32 Å². The summed E-state index contributed by atoms with van der Waals surface area (Å²) in [6.45, 7) is 3.55. The Morgan fingerprint density at radius 1 is 1.57 bits per heavy atom. The molecule has 1 aromatic heterocycles. The lowest BCUT2D eigenvalue weighted by molar-refractivity contribution is -0.115. The van der Waals surface area contributed by atoms with Gasteiger partial charge >= 0.3 is 0 Å². The Bertz CT molecular complexity index is 709. The highest BCUT2D eigenvalue weighted by Gasteiger charge is 2.17. The van der Waals surface area contributed by atoms with Crippen LogP contribution in [0.1, 0.15) is 18.3 Å². The molecule has 1 atom stereocenters. The van der Waals surface area contributed by atoms with Crippen LogP contribution in [0.3, 0.4) is 0 Å². The average molecular weight is 322 g/mol. The minimum atomic E-state index is -0.366. The first-order valence-electron chi connectivity index (χ1n) is 6.06. The Kier molecular flexibility index (Phi) is 4.83. The number of hydrogen-bond acceptors (Lipinski definition) is 5. The van der Waals surface area contributed by atoms with Crippen molar-refractivity contribution in [1.29, 1.82) is 5.26 Å². The van der Waals surface area contributed by atoms with Crippen LogP contribution in [0, 0.1) is 18.3 Å². The first-order valence-corrected chi connectivity index (χ1v) is 7.31. The Hall–Kier alpha value is -2.04. The van der Waals surface area contributed by atoms with Crippen molar-refractivity contribution in [3.05, 3.63) is 34.6 Å². The third kappa shape index (κ3) is 3.97. The van der Waals surface area contributed by atoms with Crippen molar-refractivity contribution in [1.82, 2.24) is 15.2 Å². The highest BCUT2D eigenvalue weighted by Crippen LogP contribution is 2.23. The van der Waals surface area contributed by atoms with Crippen LogP contribution in [-0.4, -0.2) is 26.3 Å². The molecular weight excluding hydrogens is 310 g/mol. The van der Waals surface area contributed by atoms with Gasteiger partial charge in [-0.25, -0.2) is 4.98 Å². The number of carbonyl (C=O) groups is 1. The lowest BCUT2D eigenvalue weighted by Gasteiger charge is -2.10. The smallest absolute Gasteiger partial charge is 0.237 e. The van der Waals surface area contributed by atoms with Crippen LogP contribution in [0.2, 0.25) is 5.02 Å². The molecule has 6 nitrogen and oxygen atoms in total. The van der Waals surface area contributed by atoms with Crippen LogP contribution in [0.15, 0.2) is 23.4 Å². The molecule has 0 aliphatic rings. The zero-order valence-electron chi connectivity index (χ0n) is 11.3. The van der Waals surface area contributed by atoms with Gasteiger partial charge in [0.1, 0.15) is 11.9 Å². The van der Waals surface area contributed by atoms with E-state index < -0.39 is 0 Å². The maximum Gasteiger partial charge on any atom is 0.237 e. The molecular formula is C13H12ClN5OS. The molecule has 0 saturated carbocycles. The number of halogens is 1. The fourth-order valence-corrected chi connectivity index (χ4v) is 2.51. The van der Waals surface area contributed by atoms with Gasteiger partial charge in [0.15, 0.2) is 0 Å². The first kappa shape index (κ1) is 15.4. The molecule has 0 fully saturated rings. The fraction of sp³-hybridized carbons (Fsp3) is 0.231. The number of aromatic nitrogens is 3. The predicted molar refractivity (Wildman–Crippen MR) is 81.2 cm³/mol. The van der Waals surface area contributed by atoms with E-state index in [1.165, 1.54) is 11.8 Å². The normalized spacial score (nSPS) is 11.7. The van der Waals surface area contributed by atoms with E-state index in [1.54, 1.807) is 32.0 Å². The quantitative estimate of drug-likeness (QED) is 0.844. The Labute approximate surface area is 130 Å². The van der Waals surface area contributed by atoms with E-state index in [2.05, 4.69) is 20.5 Å². The average Bonchev–Trinajstić information content (AvgIpc) is 2.84. The number of hydrogen-bond donors (Lipinski definition) is 2. The fourth-order valence-electron chi connectivity index (χ4n) is 1.51. The number of benzene rings is 1. The standard InChI is InChI=1S/C13H12ClN5OS/c1-7(21-13-16-8(2)18-19-13)12(20)17-10-4-3-9(6-15)11(14)5-10/h3-5,7H,1-2H3,(H,17,20)(H,16,18,19). The molecule has 21 heavy (non-hydrogen) atoms. The third-order valence-electron chi connectivity index (χ3n) is 2.59. The molecule has 0 aliphatic carbocycles. The SMILES string of the molecule is Cc1nc(SC(C)C(=O)Nc2ccc(C#N)c(Cl)c2)n[nH]1. The van der Waals surface area contributed by atoms with Crippen LogP contribution in [0.5, 0.6) is 0 Å². The number of aryl methyl sites for hydroxylation is 1. The lowest BCUT2D eigenvalue weighted by atomic mass is 10.2. The molecule has 0 bridgehead atoms. The summed E-state index contributed by atoms with van der Waals surface area (Å²) in [4.78, 5) is 16.2. The number of anilines is 1. The Balaban J connectivity index is 2.00. The number of carbonyl (C=O) groups excluding carboxylic acids is 1. The molecule has 1 unspecified atom stereocenters. The van der Waals surface area contributed by atoms with Gasteiger partial charge in [-0.3, -0.25) is 9.89 Å². The summed E-state index contributed by atoms with van der Waals surface area (Å²) in [6, 6.07) is 6.71. The van der Waals surface area contributed by atoms with Gasteiger partial charge in [-0.05, 0) is 32.0 Å². The summed E-state index contributed by atoms with van der Waals surface area (Å²) >= 11 is 7.17. The monoisotopic (exact) mass is 321 g/mol. The molecule has 2 aromatic rings. The molecule has 0 spiro atoms. The van der Waals surface area contributed by atoms with E-state index in [4.69, 9.17) is 16.9 Å². The topological polar surface area (TPSA) is 94.5 Å². The van der Waals surface area contributed by atoms with Crippen molar-refractivity contribution >= 4 is 35.0 Å². The third-order valence-corrected chi connectivity index (χ3v) is 3.86. The second kappa shape index (κ2) is 6.61. The second-order valence-corrected chi connectivity index (χ2v) is 5.97. The van der Waals surface area contributed by atoms with Crippen molar-refractivity contribution in [2.75, 3.05) is 5.32 Å². The molecule has 1 aromatic carbocycles. The minimum absolute atomic E-state index is 0.191. The lowest BCUT2D eigenvalue weighted by Crippen LogP contribution is -2.22. The number of thioether (sulfide) groups is 1. The van der Waals surface area contributed by atoms with E-state index in [-0.39, 0.29) is 11.2 Å². The van der Waals surface area contributed by atoms with Gasteiger partial charge in [0.2, 0.25) is 11.1 Å². The first-order chi connectivity index (χ1) is 9.99. The molecule has 2 N–H and O–H groups in total. The van der Waals surface area contributed by atoms with Crippen LogP contribution in [0.4, 0.5) is 5.69 Å². The molecule has 0 aliphatic heterocycles. The second-order valence-electron chi connectivity index (χ2n) is 4.26. The summed E-state index contributed by atoms with van der Waals surface area (Å²) in [5, 5.41) is 18.7. The molecule has 8 heteroatoms. The highest BCUT2D eigenvalue weighted by molar-refractivity contribution is 8.00. The zero-order chi connectivity index (χ0) is 15.4. The largest absolute Gasteiger partial charge is 0.325 e. The molecule has 2 rings (SSSR count). The van der Waals surface area contributed by atoms with Gasteiger partial charge in [-0.2, -0.15) is 5.26 Å². The number of nitriles is 1. The van der Waals surface area contributed by atoms with Crippen molar-refractivity contribution in [2.45, 2.75) is 24.3 Å². The van der Waals surface area contributed by atoms with Crippen LogP contribution in [-0.2, 0) is 4.79 Å². The minimum Gasteiger partial charge on any atom is -0.325 e. The number of aromatic amines is 1. The van der Waals surface area contributed by atoms with E-state index >= 15 is 0 Å². The summed E-state index contributed by atoms with van der Waals surface area (Å²) in [6.07, 6.45) is 0. The van der Waals surface area contributed by atoms with Crippen molar-refractivity contribution in [2.24, 2.45) is 0 Å². The number of rotatable bonds is 4. The molecule has 0 radical (unpaired) electrons. The van der Waals surface area contributed by atoms with Gasteiger partial charge < -0.3 is 5.32 Å². The molecule has 1 heterocycles. The van der Waals surface area contributed by atoms with Gasteiger partial charge in [0.25, 0.3) is 0 Å². The maximum absolute atomic E-state index is 12.1. The van der Waals surface area contributed by atoms with E-state index in [0.29, 0.717) is 27.3 Å². The molecule has 1 amide bonds. The summed E-state index contributed by atoms with van der Waals surface area (Å²) in [5.74, 6) is 0.507. The van der Waals surface area contributed by atoms with Crippen LogP contribution >= 0.6 is 23.4 Å². The van der Waals surface area contributed by atoms with E-state index in [9.17, 15) is 4.79 Å². The molecule has 0 saturated heterocycles. The molecule has 108 valence electrons. The number of amides is 1. The number of nitrogens with one attached hydrogen (secondary N) is 2. The predicted octanol–water partition coefficient (Wildman–Crippen LogP) is 2.76. The van der Waals surface area contributed by atoms with Gasteiger partial charge in [-0.15, -0.1) is 5.10 Å². The van der Waals surface area contributed by atoms with Gasteiger partial charge in [0, 0.05) is 5.69 Å². The number of H-pyrrole nitrogens is 1. The van der Waals surface area contributed by atoms with Gasteiger partial charge in [-0.1, -0.05) is 23.4 Å².